The second-order valence-electron chi connectivity index (χ2n) is 6.17. The normalized spacial score (nSPS) is 29.6. The Balaban J connectivity index is 1.45. The summed E-state index contributed by atoms with van der Waals surface area (Å²) in [7, 11) is 1.98. The Kier molecular flexibility index (Phi) is 3.69. The first kappa shape index (κ1) is 12.9. The van der Waals surface area contributed by atoms with Crippen LogP contribution in [0.3, 0.4) is 0 Å². The molecule has 104 valence electrons. The van der Waals surface area contributed by atoms with Gasteiger partial charge in [0.05, 0.1) is 0 Å². The summed E-state index contributed by atoms with van der Waals surface area (Å²) in [5.74, 6) is 2.04. The summed E-state index contributed by atoms with van der Waals surface area (Å²) in [6, 6.07) is 1.37. The molecule has 0 aliphatic carbocycles. The van der Waals surface area contributed by atoms with E-state index in [9.17, 15) is 4.79 Å². The van der Waals surface area contributed by atoms with Crippen LogP contribution in [0.15, 0.2) is 12.4 Å². The maximum atomic E-state index is 12.1. The van der Waals surface area contributed by atoms with Crippen molar-refractivity contribution in [2.45, 2.75) is 57.0 Å². The van der Waals surface area contributed by atoms with Gasteiger partial charge in [-0.2, -0.15) is 0 Å². The van der Waals surface area contributed by atoms with Gasteiger partial charge in [-0.05, 0) is 31.6 Å². The van der Waals surface area contributed by atoms with E-state index >= 15 is 0 Å². The van der Waals surface area contributed by atoms with Crippen LogP contribution in [0.1, 0.15) is 44.3 Å². The number of carbonyl (C=O) groups is 1. The Morgan fingerprint density at radius 1 is 1.42 bits per heavy atom. The number of nitrogens with zero attached hydrogens (tertiary/aromatic N) is 2. The molecule has 3 rings (SSSR count). The van der Waals surface area contributed by atoms with Gasteiger partial charge >= 0.3 is 0 Å². The lowest BCUT2D eigenvalue weighted by Crippen LogP contribution is -2.38. The molecule has 2 saturated heterocycles. The van der Waals surface area contributed by atoms with Crippen molar-refractivity contribution in [3.8, 4) is 0 Å². The summed E-state index contributed by atoms with van der Waals surface area (Å²) in [6.45, 7) is 0. The van der Waals surface area contributed by atoms with E-state index in [0.717, 1.165) is 18.7 Å². The molecule has 0 saturated carbocycles. The molecule has 2 unspecified atom stereocenters. The third-order valence-corrected chi connectivity index (χ3v) is 4.64. The molecular weight excluding hydrogens is 238 g/mol. The number of rotatable bonds is 5. The van der Waals surface area contributed by atoms with Gasteiger partial charge in [-0.1, -0.05) is 0 Å². The lowest BCUT2D eigenvalue weighted by molar-refractivity contribution is -0.120. The third-order valence-electron chi connectivity index (χ3n) is 4.64. The Morgan fingerprint density at radius 3 is 2.79 bits per heavy atom. The second kappa shape index (κ2) is 5.45. The monoisotopic (exact) mass is 261 g/mol. The summed E-state index contributed by atoms with van der Waals surface area (Å²) >= 11 is 0. The van der Waals surface area contributed by atoms with Crippen molar-refractivity contribution in [3.63, 3.8) is 0 Å². The number of carbonyl (C=O) groups excluding carboxylic acids is 1. The van der Waals surface area contributed by atoms with Crippen LogP contribution in [0.2, 0.25) is 0 Å². The number of piperidine rings is 1. The lowest BCUT2D eigenvalue weighted by Gasteiger charge is -2.28. The number of imidazole rings is 1. The van der Waals surface area contributed by atoms with Crippen molar-refractivity contribution < 1.29 is 4.79 Å². The fraction of sp³-hybridized carbons (Fsp3) is 0.733. The first-order valence-corrected chi connectivity index (χ1v) is 7.44. The Bertz CT molecular complexity index is 442. The maximum absolute atomic E-state index is 12.1. The van der Waals surface area contributed by atoms with Crippen LogP contribution >= 0.6 is 0 Å². The van der Waals surface area contributed by atoms with Crippen LogP contribution < -0.4 is 5.32 Å². The predicted molar refractivity (Wildman–Crippen MR) is 73.8 cm³/mol. The largest absolute Gasteiger partial charge is 0.338 e. The van der Waals surface area contributed by atoms with Crippen LogP contribution in [-0.4, -0.2) is 27.4 Å². The number of aryl methyl sites for hydroxylation is 2. The topological polar surface area (TPSA) is 46.9 Å². The number of fused-ring (bicyclic) bond motifs is 2. The first-order chi connectivity index (χ1) is 9.20. The van der Waals surface area contributed by atoms with Gasteiger partial charge in [0.25, 0.3) is 0 Å². The summed E-state index contributed by atoms with van der Waals surface area (Å²) in [6.07, 6.45) is 10.9. The van der Waals surface area contributed by atoms with E-state index < -0.39 is 0 Å². The minimum absolute atomic E-state index is 0.411. The molecule has 1 aromatic heterocycles. The van der Waals surface area contributed by atoms with Crippen LogP contribution in [-0.2, 0) is 18.3 Å². The molecule has 4 heteroatoms. The lowest BCUT2D eigenvalue weighted by atomic mass is 9.87. The quantitative estimate of drug-likeness (QED) is 0.880. The molecule has 2 atom stereocenters. The standard InChI is InChI=1S/C15H23N3O/c1-18-7-6-16-15(18)5-4-14(19)10-11-8-12-2-3-13(9-11)17-12/h6-7,11-13,17H,2-5,8-10H2,1H3. The van der Waals surface area contributed by atoms with Crippen molar-refractivity contribution in [2.75, 3.05) is 0 Å². The van der Waals surface area contributed by atoms with E-state index in [1.165, 1.54) is 25.7 Å². The van der Waals surface area contributed by atoms with E-state index in [-0.39, 0.29) is 0 Å². The molecule has 1 N–H and O–H groups in total. The minimum atomic E-state index is 0.411. The van der Waals surface area contributed by atoms with E-state index in [1.807, 2.05) is 17.8 Å². The fourth-order valence-electron chi connectivity index (χ4n) is 3.65. The Labute approximate surface area is 114 Å². The summed E-state index contributed by atoms with van der Waals surface area (Å²) in [5, 5.41) is 3.63. The highest BCUT2D eigenvalue weighted by molar-refractivity contribution is 5.78. The van der Waals surface area contributed by atoms with E-state index in [1.54, 1.807) is 6.20 Å². The van der Waals surface area contributed by atoms with E-state index in [0.29, 0.717) is 30.2 Å². The number of Topliss-reactive ketones (excluding diaryl/α,β-unsaturated/α-hetero) is 1. The van der Waals surface area contributed by atoms with E-state index in [2.05, 4.69) is 10.3 Å². The van der Waals surface area contributed by atoms with Crippen molar-refractivity contribution in [3.05, 3.63) is 18.2 Å². The fourth-order valence-corrected chi connectivity index (χ4v) is 3.65. The molecule has 0 spiro atoms. The Hall–Kier alpha value is -1.16. The van der Waals surface area contributed by atoms with Gasteiger partial charge in [0.1, 0.15) is 11.6 Å². The zero-order valence-corrected chi connectivity index (χ0v) is 11.6. The highest BCUT2D eigenvalue weighted by atomic mass is 16.1. The van der Waals surface area contributed by atoms with Crippen LogP contribution in [0.4, 0.5) is 0 Å². The molecular formula is C15H23N3O. The summed E-state index contributed by atoms with van der Waals surface area (Å²) < 4.78 is 2.00. The van der Waals surface area contributed by atoms with Crippen LogP contribution in [0, 0.1) is 5.92 Å². The van der Waals surface area contributed by atoms with Gasteiger partial charge in [0.2, 0.25) is 0 Å². The van der Waals surface area contributed by atoms with Gasteiger partial charge in [-0.3, -0.25) is 4.79 Å². The van der Waals surface area contributed by atoms with Gasteiger partial charge in [-0.15, -0.1) is 0 Å². The number of hydrogen-bond donors (Lipinski definition) is 1. The number of nitrogens with one attached hydrogen (secondary N) is 1. The van der Waals surface area contributed by atoms with Crippen LogP contribution in [0.25, 0.3) is 0 Å². The molecule has 2 aliphatic heterocycles. The molecule has 2 bridgehead atoms. The molecule has 1 aromatic rings. The molecule has 0 aromatic carbocycles. The number of ketones is 1. The minimum Gasteiger partial charge on any atom is -0.338 e. The number of aromatic nitrogens is 2. The third kappa shape index (κ3) is 3.06. The maximum Gasteiger partial charge on any atom is 0.133 e. The number of hydrogen-bond acceptors (Lipinski definition) is 3. The molecule has 3 heterocycles. The zero-order valence-electron chi connectivity index (χ0n) is 11.6. The smallest absolute Gasteiger partial charge is 0.133 e. The zero-order chi connectivity index (χ0) is 13.2. The van der Waals surface area contributed by atoms with Gasteiger partial charge in [0, 0.05) is 50.8 Å². The van der Waals surface area contributed by atoms with E-state index in [4.69, 9.17) is 0 Å². The molecule has 2 fully saturated rings. The first-order valence-electron chi connectivity index (χ1n) is 7.44. The van der Waals surface area contributed by atoms with Crippen molar-refractivity contribution in [1.82, 2.24) is 14.9 Å². The second-order valence-corrected chi connectivity index (χ2v) is 6.17. The average Bonchev–Trinajstić information content (AvgIpc) is 2.93. The molecule has 4 nitrogen and oxygen atoms in total. The predicted octanol–water partition coefficient (Wildman–Crippen LogP) is 1.84. The van der Waals surface area contributed by atoms with Crippen molar-refractivity contribution >= 4 is 5.78 Å². The highest BCUT2D eigenvalue weighted by Crippen LogP contribution is 2.32. The molecule has 0 radical (unpaired) electrons. The average molecular weight is 261 g/mol. The summed E-state index contributed by atoms with van der Waals surface area (Å²) in [5.41, 5.74) is 0. The molecule has 2 aliphatic rings. The van der Waals surface area contributed by atoms with Crippen molar-refractivity contribution in [2.24, 2.45) is 13.0 Å². The Morgan fingerprint density at radius 2 is 2.16 bits per heavy atom. The van der Waals surface area contributed by atoms with Crippen molar-refractivity contribution in [1.29, 1.82) is 0 Å². The molecule has 0 amide bonds. The highest BCUT2D eigenvalue weighted by Gasteiger charge is 2.33. The summed E-state index contributed by atoms with van der Waals surface area (Å²) in [4.78, 5) is 16.4. The van der Waals surface area contributed by atoms with Gasteiger partial charge < -0.3 is 9.88 Å². The molecule has 19 heavy (non-hydrogen) atoms. The van der Waals surface area contributed by atoms with Gasteiger partial charge in [-0.25, -0.2) is 4.98 Å². The van der Waals surface area contributed by atoms with Crippen LogP contribution in [0.5, 0.6) is 0 Å². The van der Waals surface area contributed by atoms with Gasteiger partial charge in [0.15, 0.2) is 0 Å². The SMILES string of the molecule is Cn1ccnc1CCC(=O)CC1CC2CCC(C1)N2.